The van der Waals surface area contributed by atoms with E-state index in [1.54, 1.807) is 7.11 Å². The molecule has 0 aliphatic heterocycles. The lowest BCUT2D eigenvalue weighted by Crippen LogP contribution is -2.41. The maximum absolute atomic E-state index is 10.7. The summed E-state index contributed by atoms with van der Waals surface area (Å²) in [5.41, 5.74) is 5.11. The minimum atomic E-state index is -0.316. The summed E-state index contributed by atoms with van der Waals surface area (Å²) in [5, 5.41) is 2.96. The average molecular weight is 160 g/mol. The van der Waals surface area contributed by atoms with Gasteiger partial charge in [0.15, 0.2) is 0 Å². The van der Waals surface area contributed by atoms with Crippen LogP contribution in [0.5, 0.6) is 0 Å². The van der Waals surface area contributed by atoms with Crippen LogP contribution < -0.4 is 11.1 Å². The summed E-state index contributed by atoms with van der Waals surface area (Å²) in [7, 11) is 1.60. The monoisotopic (exact) mass is 160 g/mol. The number of rotatable bonds is 6. The van der Waals surface area contributed by atoms with Crippen LogP contribution in [0.3, 0.4) is 0 Å². The Morgan fingerprint density at radius 3 is 2.73 bits per heavy atom. The zero-order valence-corrected chi connectivity index (χ0v) is 7.09. The summed E-state index contributed by atoms with van der Waals surface area (Å²) < 4.78 is 4.82. The highest BCUT2D eigenvalue weighted by atomic mass is 16.5. The molecule has 1 unspecified atom stereocenters. The zero-order chi connectivity index (χ0) is 8.69. The Morgan fingerprint density at radius 2 is 2.36 bits per heavy atom. The Balaban J connectivity index is 3.60. The predicted molar refractivity (Wildman–Crippen MR) is 43.2 cm³/mol. The Kier molecular flexibility index (Phi) is 5.78. The molecule has 0 aromatic rings. The van der Waals surface area contributed by atoms with Crippen LogP contribution in [0, 0.1) is 0 Å². The van der Waals surface area contributed by atoms with E-state index in [4.69, 9.17) is 10.5 Å². The van der Waals surface area contributed by atoms with Crippen molar-refractivity contribution in [1.82, 2.24) is 5.32 Å². The molecular weight excluding hydrogens is 144 g/mol. The normalized spacial score (nSPS) is 12.9. The van der Waals surface area contributed by atoms with Crippen molar-refractivity contribution in [2.75, 3.05) is 20.3 Å². The highest BCUT2D eigenvalue weighted by Crippen LogP contribution is 1.90. The van der Waals surface area contributed by atoms with Gasteiger partial charge in [-0.2, -0.15) is 0 Å². The van der Waals surface area contributed by atoms with Crippen LogP contribution in [0.15, 0.2) is 0 Å². The maximum atomic E-state index is 10.7. The molecule has 0 rings (SSSR count). The van der Waals surface area contributed by atoms with Gasteiger partial charge >= 0.3 is 0 Å². The fraction of sp³-hybridized carbons (Fsp3) is 0.857. The van der Waals surface area contributed by atoms with E-state index in [0.29, 0.717) is 13.0 Å². The molecular formula is C7H16N2O2. The largest absolute Gasteiger partial charge is 0.385 e. The average Bonchev–Trinajstić information content (AvgIpc) is 1.97. The fourth-order valence-electron chi connectivity index (χ4n) is 0.827. The first kappa shape index (κ1) is 10.4. The number of likely N-dealkylation sites (N-methyl/N-ethyl adjacent to an activating group) is 1. The third-order valence-corrected chi connectivity index (χ3v) is 1.40. The fourth-order valence-corrected chi connectivity index (χ4v) is 0.827. The van der Waals surface area contributed by atoms with E-state index in [1.807, 2.05) is 6.92 Å². The van der Waals surface area contributed by atoms with Crippen LogP contribution in [0.25, 0.3) is 0 Å². The lowest BCUT2D eigenvalue weighted by atomic mass is 10.2. The molecule has 0 fully saturated rings. The highest BCUT2D eigenvalue weighted by molar-refractivity contribution is 5.79. The first-order valence-corrected chi connectivity index (χ1v) is 3.74. The van der Waals surface area contributed by atoms with Crippen molar-refractivity contribution in [3.8, 4) is 0 Å². The van der Waals surface area contributed by atoms with Gasteiger partial charge in [0, 0.05) is 13.7 Å². The molecule has 0 aromatic carbocycles. The van der Waals surface area contributed by atoms with Crippen LogP contribution >= 0.6 is 0 Å². The molecule has 0 saturated carbocycles. The summed E-state index contributed by atoms with van der Waals surface area (Å²) in [5.74, 6) is -0.316. The van der Waals surface area contributed by atoms with Gasteiger partial charge in [-0.3, -0.25) is 4.79 Å². The number of primary amides is 1. The second-order valence-corrected chi connectivity index (χ2v) is 2.29. The van der Waals surface area contributed by atoms with Crippen molar-refractivity contribution >= 4 is 5.91 Å². The minimum absolute atomic E-state index is 0.250. The van der Waals surface area contributed by atoms with Gasteiger partial charge in [0.2, 0.25) is 5.91 Å². The van der Waals surface area contributed by atoms with Gasteiger partial charge in [-0.15, -0.1) is 0 Å². The van der Waals surface area contributed by atoms with Crippen LogP contribution in [0.1, 0.15) is 13.3 Å². The van der Waals surface area contributed by atoms with Gasteiger partial charge in [0.05, 0.1) is 6.04 Å². The van der Waals surface area contributed by atoms with E-state index >= 15 is 0 Å². The molecule has 0 aliphatic rings. The molecule has 0 radical (unpaired) electrons. The first-order valence-electron chi connectivity index (χ1n) is 3.74. The third-order valence-electron chi connectivity index (χ3n) is 1.40. The van der Waals surface area contributed by atoms with Crippen molar-refractivity contribution in [3.05, 3.63) is 0 Å². The van der Waals surface area contributed by atoms with Crippen molar-refractivity contribution in [3.63, 3.8) is 0 Å². The molecule has 66 valence electrons. The molecule has 4 nitrogen and oxygen atoms in total. The molecule has 0 bridgehead atoms. The third kappa shape index (κ3) is 4.75. The molecule has 1 amide bonds. The van der Waals surface area contributed by atoms with Crippen molar-refractivity contribution < 1.29 is 9.53 Å². The van der Waals surface area contributed by atoms with Crippen molar-refractivity contribution in [2.45, 2.75) is 19.4 Å². The van der Waals surface area contributed by atoms with Gasteiger partial charge in [-0.05, 0) is 13.0 Å². The number of hydrogen-bond donors (Lipinski definition) is 2. The Labute approximate surface area is 67.1 Å². The number of nitrogens with two attached hydrogens (primary N) is 1. The molecule has 11 heavy (non-hydrogen) atoms. The predicted octanol–water partition coefficient (Wildman–Crippen LogP) is -0.514. The van der Waals surface area contributed by atoms with Gasteiger partial charge in [-0.25, -0.2) is 0 Å². The minimum Gasteiger partial charge on any atom is -0.385 e. The van der Waals surface area contributed by atoms with E-state index in [1.165, 1.54) is 0 Å². The quantitative estimate of drug-likeness (QED) is 0.550. The second-order valence-electron chi connectivity index (χ2n) is 2.29. The number of methoxy groups -OCH3 is 1. The molecule has 0 saturated heterocycles. The number of nitrogens with one attached hydrogen (secondary N) is 1. The number of hydrogen-bond acceptors (Lipinski definition) is 3. The number of ether oxygens (including phenoxy) is 1. The number of amides is 1. The van der Waals surface area contributed by atoms with Crippen LogP contribution in [0.2, 0.25) is 0 Å². The van der Waals surface area contributed by atoms with Crippen molar-refractivity contribution in [2.24, 2.45) is 5.73 Å². The summed E-state index contributed by atoms with van der Waals surface area (Å²) in [4.78, 5) is 10.7. The van der Waals surface area contributed by atoms with Gasteiger partial charge < -0.3 is 15.8 Å². The van der Waals surface area contributed by atoms with Gasteiger partial charge in [-0.1, -0.05) is 6.92 Å². The smallest absolute Gasteiger partial charge is 0.234 e. The number of carbonyl (C=O) groups is 1. The Bertz CT molecular complexity index is 117. The van der Waals surface area contributed by atoms with Gasteiger partial charge in [0.1, 0.15) is 0 Å². The summed E-state index contributed by atoms with van der Waals surface area (Å²) in [6.45, 7) is 3.24. The van der Waals surface area contributed by atoms with Gasteiger partial charge in [0.25, 0.3) is 0 Å². The summed E-state index contributed by atoms with van der Waals surface area (Å²) >= 11 is 0. The molecule has 1 atom stereocenters. The SMILES string of the molecule is CCNC(CCOC)C(N)=O. The van der Waals surface area contributed by atoms with E-state index in [-0.39, 0.29) is 11.9 Å². The van der Waals surface area contributed by atoms with Crippen LogP contribution in [-0.4, -0.2) is 32.2 Å². The molecule has 0 aromatic heterocycles. The molecule has 3 N–H and O–H groups in total. The molecule has 0 spiro atoms. The standard InChI is InChI=1S/C7H16N2O2/c1-3-9-6(7(8)10)4-5-11-2/h6,9H,3-5H2,1-2H3,(H2,8,10). The van der Waals surface area contributed by atoms with E-state index < -0.39 is 0 Å². The second kappa shape index (κ2) is 6.12. The molecule has 0 aliphatic carbocycles. The van der Waals surface area contributed by atoms with Crippen molar-refractivity contribution in [1.29, 1.82) is 0 Å². The summed E-state index contributed by atoms with van der Waals surface area (Å²) in [6, 6.07) is -0.250. The van der Waals surface area contributed by atoms with E-state index in [0.717, 1.165) is 6.54 Å². The van der Waals surface area contributed by atoms with Crippen LogP contribution in [-0.2, 0) is 9.53 Å². The lowest BCUT2D eigenvalue weighted by Gasteiger charge is -2.12. The van der Waals surface area contributed by atoms with E-state index in [9.17, 15) is 4.79 Å². The molecule has 4 heteroatoms. The highest BCUT2D eigenvalue weighted by Gasteiger charge is 2.11. The Hall–Kier alpha value is -0.610. The van der Waals surface area contributed by atoms with E-state index in [2.05, 4.69) is 5.32 Å². The molecule has 0 heterocycles. The lowest BCUT2D eigenvalue weighted by molar-refractivity contribution is -0.120. The topological polar surface area (TPSA) is 64.3 Å². The van der Waals surface area contributed by atoms with Crippen LogP contribution in [0.4, 0.5) is 0 Å². The summed E-state index contributed by atoms with van der Waals surface area (Å²) in [6.07, 6.45) is 0.639. The first-order chi connectivity index (χ1) is 5.22. The zero-order valence-electron chi connectivity index (χ0n) is 7.09. The maximum Gasteiger partial charge on any atom is 0.234 e. The number of carbonyl (C=O) groups excluding carboxylic acids is 1. The Morgan fingerprint density at radius 1 is 1.73 bits per heavy atom.